The molecule has 4 heteroatoms. The number of methoxy groups -OCH3 is 1. The smallest absolute Gasteiger partial charge is 0.129 e. The Morgan fingerprint density at radius 2 is 2.00 bits per heavy atom. The van der Waals surface area contributed by atoms with Crippen molar-refractivity contribution in [3.05, 3.63) is 29.5 Å². The van der Waals surface area contributed by atoms with E-state index in [1.54, 1.807) is 18.0 Å². The second kappa shape index (κ2) is 4.13. The number of aryl methyl sites for hydroxylation is 3. The van der Waals surface area contributed by atoms with Gasteiger partial charge in [0.25, 0.3) is 0 Å². The molecular formula is C13H17N3O. The molecule has 0 aliphatic carbocycles. The van der Waals surface area contributed by atoms with Crippen LogP contribution in [0, 0.1) is 13.8 Å². The number of nitrogen functional groups attached to an aromatic ring is 1. The summed E-state index contributed by atoms with van der Waals surface area (Å²) in [7, 11) is 3.50. The average Bonchev–Trinajstić information content (AvgIpc) is 2.59. The quantitative estimate of drug-likeness (QED) is 0.862. The maximum atomic E-state index is 6.01. The van der Waals surface area contributed by atoms with Gasteiger partial charge in [0.2, 0.25) is 0 Å². The molecule has 0 fully saturated rings. The summed E-state index contributed by atoms with van der Waals surface area (Å²) in [6, 6.07) is 4.12. The number of benzene rings is 1. The van der Waals surface area contributed by atoms with E-state index in [9.17, 15) is 0 Å². The van der Waals surface area contributed by atoms with Crippen LogP contribution < -0.4 is 10.5 Å². The Bertz CT molecular complexity index is 558. The Morgan fingerprint density at radius 1 is 1.29 bits per heavy atom. The highest BCUT2D eigenvalue weighted by molar-refractivity contribution is 5.81. The van der Waals surface area contributed by atoms with Gasteiger partial charge >= 0.3 is 0 Å². The Kier molecular flexibility index (Phi) is 2.79. The van der Waals surface area contributed by atoms with E-state index in [1.165, 1.54) is 5.56 Å². The van der Waals surface area contributed by atoms with E-state index in [0.717, 1.165) is 22.4 Å². The summed E-state index contributed by atoms with van der Waals surface area (Å²) in [5.41, 5.74) is 10.3. The van der Waals surface area contributed by atoms with E-state index in [1.807, 2.05) is 20.0 Å². The minimum atomic E-state index is 0.648. The maximum Gasteiger partial charge on any atom is 0.129 e. The van der Waals surface area contributed by atoms with Gasteiger partial charge in [0.05, 0.1) is 13.3 Å². The Morgan fingerprint density at radius 3 is 2.53 bits per heavy atom. The van der Waals surface area contributed by atoms with Gasteiger partial charge in [-0.1, -0.05) is 6.07 Å². The number of nitrogens with two attached hydrogens (primary N) is 1. The third kappa shape index (κ3) is 1.86. The van der Waals surface area contributed by atoms with E-state index in [4.69, 9.17) is 10.5 Å². The largest absolute Gasteiger partial charge is 0.496 e. The first-order valence-electron chi connectivity index (χ1n) is 5.47. The van der Waals surface area contributed by atoms with E-state index < -0.39 is 0 Å². The highest BCUT2D eigenvalue weighted by atomic mass is 16.5. The van der Waals surface area contributed by atoms with E-state index in [2.05, 4.69) is 18.1 Å². The van der Waals surface area contributed by atoms with Crippen LogP contribution in [0.2, 0.25) is 0 Å². The molecule has 0 atom stereocenters. The zero-order valence-corrected chi connectivity index (χ0v) is 10.6. The van der Waals surface area contributed by atoms with Crippen molar-refractivity contribution in [2.24, 2.45) is 7.05 Å². The summed E-state index contributed by atoms with van der Waals surface area (Å²) in [5, 5.41) is 4.17. The molecule has 1 aromatic carbocycles. The van der Waals surface area contributed by atoms with Crippen molar-refractivity contribution in [3.8, 4) is 16.9 Å². The van der Waals surface area contributed by atoms with Gasteiger partial charge in [-0.15, -0.1) is 0 Å². The number of rotatable bonds is 2. The zero-order chi connectivity index (χ0) is 12.6. The van der Waals surface area contributed by atoms with Crippen LogP contribution in [0.4, 0.5) is 5.82 Å². The van der Waals surface area contributed by atoms with Crippen molar-refractivity contribution < 1.29 is 4.74 Å². The highest BCUT2D eigenvalue weighted by Crippen LogP contribution is 2.36. The summed E-state index contributed by atoms with van der Waals surface area (Å²) in [4.78, 5) is 0. The minimum Gasteiger partial charge on any atom is -0.496 e. The molecule has 2 N–H and O–H groups in total. The topological polar surface area (TPSA) is 53.1 Å². The van der Waals surface area contributed by atoms with Crippen LogP contribution in [0.5, 0.6) is 5.75 Å². The predicted octanol–water partition coefficient (Wildman–Crippen LogP) is 2.29. The Balaban J connectivity index is 2.70. The van der Waals surface area contributed by atoms with Crippen LogP contribution in [-0.4, -0.2) is 16.9 Å². The molecule has 1 aromatic heterocycles. The molecule has 17 heavy (non-hydrogen) atoms. The first-order chi connectivity index (χ1) is 8.04. The average molecular weight is 231 g/mol. The second-order valence-corrected chi connectivity index (χ2v) is 4.23. The van der Waals surface area contributed by atoms with Gasteiger partial charge in [0, 0.05) is 18.2 Å². The van der Waals surface area contributed by atoms with E-state index >= 15 is 0 Å². The molecule has 4 nitrogen and oxygen atoms in total. The zero-order valence-electron chi connectivity index (χ0n) is 10.6. The van der Waals surface area contributed by atoms with Crippen molar-refractivity contribution in [1.82, 2.24) is 9.78 Å². The van der Waals surface area contributed by atoms with E-state index in [0.29, 0.717) is 5.82 Å². The Labute approximate surface area is 101 Å². The third-order valence-corrected chi connectivity index (χ3v) is 2.92. The SMILES string of the molecule is COc1cc(C)cc(C)c1-c1cnn(C)c1N. The lowest BCUT2D eigenvalue weighted by Crippen LogP contribution is -1.99. The van der Waals surface area contributed by atoms with Gasteiger partial charge in [-0.2, -0.15) is 5.10 Å². The molecule has 2 aromatic rings. The van der Waals surface area contributed by atoms with Crippen molar-refractivity contribution in [2.45, 2.75) is 13.8 Å². The van der Waals surface area contributed by atoms with Crippen LogP contribution in [0.1, 0.15) is 11.1 Å². The molecule has 0 bridgehead atoms. The Hall–Kier alpha value is -1.97. The first-order valence-corrected chi connectivity index (χ1v) is 5.47. The molecule has 90 valence electrons. The molecule has 0 spiro atoms. The minimum absolute atomic E-state index is 0.648. The van der Waals surface area contributed by atoms with Crippen LogP contribution >= 0.6 is 0 Å². The summed E-state index contributed by atoms with van der Waals surface area (Å²) in [5.74, 6) is 1.48. The maximum absolute atomic E-state index is 6.01. The fourth-order valence-electron chi connectivity index (χ4n) is 2.07. The van der Waals surface area contributed by atoms with Crippen molar-refractivity contribution in [3.63, 3.8) is 0 Å². The second-order valence-electron chi connectivity index (χ2n) is 4.23. The third-order valence-electron chi connectivity index (χ3n) is 2.92. The first kappa shape index (κ1) is 11.5. The number of hydrogen-bond donors (Lipinski definition) is 1. The van der Waals surface area contributed by atoms with Crippen molar-refractivity contribution >= 4 is 5.82 Å². The van der Waals surface area contributed by atoms with Crippen LogP contribution in [0.15, 0.2) is 18.3 Å². The summed E-state index contributed by atoms with van der Waals surface area (Å²) in [6.07, 6.45) is 1.77. The van der Waals surface area contributed by atoms with Gasteiger partial charge in [-0.25, -0.2) is 0 Å². The standard InChI is InChI=1S/C13H17N3O/c1-8-5-9(2)12(11(6-8)17-4)10-7-15-16(3)13(10)14/h5-7H,14H2,1-4H3. The lowest BCUT2D eigenvalue weighted by atomic mass is 9.99. The molecule has 2 rings (SSSR count). The summed E-state index contributed by atoms with van der Waals surface area (Å²) < 4.78 is 7.09. The van der Waals surface area contributed by atoms with Crippen LogP contribution in [0.3, 0.4) is 0 Å². The van der Waals surface area contributed by atoms with Gasteiger partial charge < -0.3 is 10.5 Å². The van der Waals surface area contributed by atoms with Gasteiger partial charge in [-0.05, 0) is 31.0 Å². The number of ether oxygens (including phenoxy) is 1. The number of anilines is 1. The lowest BCUT2D eigenvalue weighted by molar-refractivity contribution is 0.416. The molecule has 0 radical (unpaired) electrons. The molecule has 0 aliphatic heterocycles. The molecule has 0 saturated heterocycles. The molecular weight excluding hydrogens is 214 g/mol. The fraction of sp³-hybridized carbons (Fsp3) is 0.308. The van der Waals surface area contributed by atoms with Crippen LogP contribution in [-0.2, 0) is 7.05 Å². The molecule has 0 amide bonds. The molecule has 0 aliphatic rings. The number of hydrogen-bond acceptors (Lipinski definition) is 3. The highest BCUT2D eigenvalue weighted by Gasteiger charge is 2.15. The summed E-state index contributed by atoms with van der Waals surface area (Å²) in [6.45, 7) is 4.10. The van der Waals surface area contributed by atoms with Crippen LogP contribution in [0.25, 0.3) is 11.1 Å². The molecule has 0 saturated carbocycles. The van der Waals surface area contributed by atoms with Crippen molar-refractivity contribution in [2.75, 3.05) is 12.8 Å². The number of nitrogens with zero attached hydrogens (tertiary/aromatic N) is 2. The van der Waals surface area contributed by atoms with Crippen molar-refractivity contribution in [1.29, 1.82) is 0 Å². The van der Waals surface area contributed by atoms with E-state index in [-0.39, 0.29) is 0 Å². The molecule has 1 heterocycles. The number of aromatic nitrogens is 2. The fourth-order valence-corrected chi connectivity index (χ4v) is 2.07. The molecule has 0 unspecified atom stereocenters. The van der Waals surface area contributed by atoms with Gasteiger partial charge in [-0.3, -0.25) is 4.68 Å². The normalized spacial score (nSPS) is 10.6. The lowest BCUT2D eigenvalue weighted by Gasteiger charge is -2.12. The monoisotopic (exact) mass is 231 g/mol. The van der Waals surface area contributed by atoms with Gasteiger partial charge in [0.1, 0.15) is 11.6 Å². The summed E-state index contributed by atoms with van der Waals surface area (Å²) >= 11 is 0. The predicted molar refractivity (Wildman–Crippen MR) is 69.1 cm³/mol. The van der Waals surface area contributed by atoms with Gasteiger partial charge in [0.15, 0.2) is 0 Å².